The molecule has 2 rings (SSSR count). The molecule has 0 aliphatic carbocycles. The van der Waals surface area contributed by atoms with Crippen LogP contribution in [0.1, 0.15) is 11.1 Å². The fourth-order valence-corrected chi connectivity index (χ4v) is 2.34. The molecule has 0 unspecified atom stereocenters. The van der Waals surface area contributed by atoms with Crippen molar-refractivity contribution in [2.75, 3.05) is 5.32 Å². The Hall–Kier alpha value is -1.98. The lowest BCUT2D eigenvalue weighted by atomic mass is 10.1. The van der Waals surface area contributed by atoms with Crippen LogP contribution < -0.4 is 11.1 Å². The molecule has 2 aromatic carbocycles. The largest absolute Gasteiger partial charge is 0.409 e. The smallest absolute Gasteiger partial charge is 0.170 e. The van der Waals surface area contributed by atoms with E-state index in [9.17, 15) is 4.39 Å². The third kappa shape index (κ3) is 4.24. The highest BCUT2D eigenvalue weighted by molar-refractivity contribution is 6.35. The van der Waals surface area contributed by atoms with E-state index in [4.69, 9.17) is 34.1 Å². The molecular formula is C14H12Cl2FN3O. The van der Waals surface area contributed by atoms with Gasteiger partial charge in [0.05, 0.1) is 0 Å². The number of benzene rings is 2. The predicted molar refractivity (Wildman–Crippen MR) is 82.7 cm³/mol. The van der Waals surface area contributed by atoms with Crippen LogP contribution in [-0.2, 0) is 6.54 Å². The van der Waals surface area contributed by atoms with Crippen molar-refractivity contribution in [3.8, 4) is 0 Å². The molecule has 0 bridgehead atoms. The van der Waals surface area contributed by atoms with Gasteiger partial charge in [-0.05, 0) is 42.0 Å². The molecule has 0 aromatic heterocycles. The highest BCUT2D eigenvalue weighted by atomic mass is 35.5. The summed E-state index contributed by atoms with van der Waals surface area (Å²) >= 11 is 11.8. The molecule has 0 fully saturated rings. The summed E-state index contributed by atoms with van der Waals surface area (Å²) in [7, 11) is 0. The molecular weight excluding hydrogens is 316 g/mol. The Bertz CT molecular complexity index is 672. The summed E-state index contributed by atoms with van der Waals surface area (Å²) in [5, 5.41) is 15.6. The molecule has 0 spiro atoms. The number of hydrogen-bond donors (Lipinski definition) is 3. The third-order valence-electron chi connectivity index (χ3n) is 2.72. The molecule has 110 valence electrons. The van der Waals surface area contributed by atoms with E-state index < -0.39 is 5.82 Å². The van der Waals surface area contributed by atoms with Gasteiger partial charge in [0.25, 0.3) is 0 Å². The van der Waals surface area contributed by atoms with Crippen LogP contribution in [0.2, 0.25) is 10.0 Å². The average molecular weight is 328 g/mol. The van der Waals surface area contributed by atoms with Crippen molar-refractivity contribution in [2.45, 2.75) is 6.54 Å². The molecule has 0 aliphatic heterocycles. The van der Waals surface area contributed by atoms with E-state index in [2.05, 4.69) is 10.5 Å². The summed E-state index contributed by atoms with van der Waals surface area (Å²) in [5.41, 5.74) is 7.10. The first-order valence-corrected chi connectivity index (χ1v) is 6.71. The summed E-state index contributed by atoms with van der Waals surface area (Å²) < 4.78 is 13.5. The number of halogens is 3. The summed E-state index contributed by atoms with van der Waals surface area (Å²) in [6.45, 7) is 0.333. The Morgan fingerprint density at radius 2 is 1.81 bits per heavy atom. The zero-order valence-corrected chi connectivity index (χ0v) is 12.3. The average Bonchev–Trinajstić information content (AvgIpc) is 2.42. The van der Waals surface area contributed by atoms with Gasteiger partial charge in [0, 0.05) is 27.8 Å². The first-order chi connectivity index (χ1) is 9.97. The summed E-state index contributed by atoms with van der Waals surface area (Å²) in [6, 6.07) is 9.20. The Balaban J connectivity index is 2.18. The second-order valence-corrected chi connectivity index (χ2v) is 5.22. The van der Waals surface area contributed by atoms with E-state index in [1.807, 2.05) is 0 Å². The number of nitrogens with zero attached hydrogens (tertiary/aromatic N) is 1. The summed E-state index contributed by atoms with van der Waals surface area (Å²) in [4.78, 5) is 0. The van der Waals surface area contributed by atoms with Crippen molar-refractivity contribution in [1.29, 1.82) is 0 Å². The molecule has 7 heteroatoms. The van der Waals surface area contributed by atoms with Crippen molar-refractivity contribution >= 4 is 34.7 Å². The van der Waals surface area contributed by atoms with Gasteiger partial charge in [-0.3, -0.25) is 0 Å². The van der Waals surface area contributed by atoms with Crippen LogP contribution in [0.15, 0.2) is 41.6 Å². The lowest BCUT2D eigenvalue weighted by molar-refractivity contribution is 0.318. The minimum atomic E-state index is -0.472. The SMILES string of the molecule is N/C(=N/O)c1cc(F)cc(CNc2cc(Cl)cc(Cl)c2)c1. The topological polar surface area (TPSA) is 70.6 Å². The van der Waals surface area contributed by atoms with Gasteiger partial charge in [-0.15, -0.1) is 0 Å². The monoisotopic (exact) mass is 327 g/mol. The Labute approximate surface area is 131 Å². The van der Waals surface area contributed by atoms with Crippen LogP contribution in [0.25, 0.3) is 0 Å². The normalized spacial score (nSPS) is 11.5. The number of nitrogens with two attached hydrogens (primary N) is 1. The van der Waals surface area contributed by atoms with Crippen LogP contribution >= 0.6 is 23.2 Å². The molecule has 0 atom stereocenters. The van der Waals surface area contributed by atoms with Gasteiger partial charge in [-0.2, -0.15) is 0 Å². The summed E-state index contributed by atoms with van der Waals surface area (Å²) in [5.74, 6) is -0.624. The molecule has 0 saturated carbocycles. The van der Waals surface area contributed by atoms with Crippen molar-refractivity contribution in [3.05, 3.63) is 63.4 Å². The molecule has 0 amide bonds. The fourth-order valence-electron chi connectivity index (χ4n) is 1.82. The van der Waals surface area contributed by atoms with Gasteiger partial charge in [-0.25, -0.2) is 4.39 Å². The zero-order valence-electron chi connectivity index (χ0n) is 10.8. The number of anilines is 1. The Morgan fingerprint density at radius 1 is 1.14 bits per heavy atom. The zero-order chi connectivity index (χ0) is 15.4. The predicted octanol–water partition coefficient (Wildman–Crippen LogP) is 3.84. The number of amidine groups is 1. The van der Waals surface area contributed by atoms with Crippen LogP contribution in [0.3, 0.4) is 0 Å². The standard InChI is InChI=1S/C14H12Cl2FN3O/c15-10-4-11(16)6-13(5-10)19-7-8-1-9(14(18)20-21)3-12(17)2-8/h1-6,19,21H,7H2,(H2,18,20). The second kappa shape index (κ2) is 6.65. The molecule has 0 saturated heterocycles. The number of rotatable bonds is 4. The first-order valence-electron chi connectivity index (χ1n) is 5.95. The van der Waals surface area contributed by atoms with Crippen molar-refractivity contribution in [3.63, 3.8) is 0 Å². The quantitative estimate of drug-likeness (QED) is 0.346. The molecule has 0 heterocycles. The highest BCUT2D eigenvalue weighted by Gasteiger charge is 2.05. The van der Waals surface area contributed by atoms with Gasteiger partial charge in [0.1, 0.15) is 5.82 Å². The van der Waals surface area contributed by atoms with E-state index in [1.165, 1.54) is 12.1 Å². The van der Waals surface area contributed by atoms with Crippen molar-refractivity contribution < 1.29 is 9.60 Å². The van der Waals surface area contributed by atoms with Crippen LogP contribution in [0, 0.1) is 5.82 Å². The van der Waals surface area contributed by atoms with Crippen LogP contribution in [0.4, 0.5) is 10.1 Å². The number of hydrogen-bond acceptors (Lipinski definition) is 3. The van der Waals surface area contributed by atoms with E-state index in [1.54, 1.807) is 24.3 Å². The molecule has 0 aliphatic rings. The fraction of sp³-hybridized carbons (Fsp3) is 0.0714. The summed E-state index contributed by atoms with van der Waals surface area (Å²) in [6.07, 6.45) is 0. The van der Waals surface area contributed by atoms with Crippen molar-refractivity contribution in [1.82, 2.24) is 0 Å². The first kappa shape index (κ1) is 15.4. The van der Waals surface area contributed by atoms with Crippen molar-refractivity contribution in [2.24, 2.45) is 10.9 Å². The van der Waals surface area contributed by atoms with Gasteiger partial charge in [0.15, 0.2) is 5.84 Å². The minimum Gasteiger partial charge on any atom is -0.409 e. The van der Waals surface area contributed by atoms with E-state index in [0.29, 0.717) is 33.4 Å². The molecule has 4 nitrogen and oxygen atoms in total. The van der Waals surface area contributed by atoms with Gasteiger partial charge < -0.3 is 16.3 Å². The Morgan fingerprint density at radius 3 is 2.43 bits per heavy atom. The molecule has 2 aromatic rings. The lowest BCUT2D eigenvalue weighted by Crippen LogP contribution is -2.14. The molecule has 21 heavy (non-hydrogen) atoms. The minimum absolute atomic E-state index is 0.151. The van der Waals surface area contributed by atoms with Gasteiger partial charge in [-0.1, -0.05) is 28.4 Å². The number of nitrogens with one attached hydrogen (secondary N) is 1. The second-order valence-electron chi connectivity index (χ2n) is 4.35. The van der Waals surface area contributed by atoms with Gasteiger partial charge >= 0.3 is 0 Å². The van der Waals surface area contributed by atoms with Crippen LogP contribution in [0.5, 0.6) is 0 Å². The highest BCUT2D eigenvalue weighted by Crippen LogP contribution is 2.23. The Kier molecular flexibility index (Phi) is 4.88. The van der Waals surface area contributed by atoms with E-state index in [0.717, 1.165) is 0 Å². The molecule has 4 N–H and O–H groups in total. The maximum absolute atomic E-state index is 13.5. The maximum Gasteiger partial charge on any atom is 0.170 e. The van der Waals surface area contributed by atoms with E-state index >= 15 is 0 Å². The lowest BCUT2D eigenvalue weighted by Gasteiger charge is -2.09. The van der Waals surface area contributed by atoms with E-state index in [-0.39, 0.29) is 5.84 Å². The maximum atomic E-state index is 13.5. The molecule has 0 radical (unpaired) electrons. The van der Waals surface area contributed by atoms with Crippen LogP contribution in [-0.4, -0.2) is 11.0 Å². The van der Waals surface area contributed by atoms with Gasteiger partial charge in [0.2, 0.25) is 0 Å². The third-order valence-corrected chi connectivity index (χ3v) is 3.16. The number of oxime groups is 1.